The minimum absolute atomic E-state index is 0.0784. The van der Waals surface area contributed by atoms with Crippen molar-refractivity contribution < 1.29 is 0 Å². The Morgan fingerprint density at radius 2 is 1.50 bits per heavy atom. The molecule has 0 radical (unpaired) electrons. The summed E-state index contributed by atoms with van der Waals surface area (Å²) in [5.41, 5.74) is 2.40. The number of likely N-dealkylation sites (N-methyl/N-ethyl adjacent to an activating group) is 1. The van der Waals surface area contributed by atoms with Gasteiger partial charge >= 0.3 is 0 Å². The third kappa shape index (κ3) is 3.50. The molecule has 2 unspecified atom stereocenters. The molecule has 2 aromatic rings. The molecule has 3 rings (SSSR count). The molecule has 0 spiro atoms. The van der Waals surface area contributed by atoms with E-state index in [-0.39, 0.29) is 5.54 Å². The maximum atomic E-state index is 4.65. The smallest absolute Gasteiger partial charge is 0.0654 e. The summed E-state index contributed by atoms with van der Waals surface area (Å²) in [4.78, 5) is 14.4. The van der Waals surface area contributed by atoms with Gasteiger partial charge in [-0.1, -0.05) is 19.1 Å². The van der Waals surface area contributed by atoms with Gasteiger partial charge < -0.3 is 0 Å². The van der Waals surface area contributed by atoms with E-state index in [0.29, 0.717) is 12.1 Å². The van der Waals surface area contributed by atoms with Crippen LogP contribution < -0.4 is 0 Å². The summed E-state index contributed by atoms with van der Waals surface area (Å²) < 4.78 is 0. The van der Waals surface area contributed by atoms with E-state index < -0.39 is 0 Å². The summed E-state index contributed by atoms with van der Waals surface area (Å²) in [5, 5.41) is 0. The molecule has 1 aliphatic rings. The van der Waals surface area contributed by atoms with Crippen LogP contribution in [0.1, 0.15) is 51.2 Å². The molecule has 0 aromatic carbocycles. The lowest BCUT2D eigenvalue weighted by Crippen LogP contribution is -2.56. The summed E-state index contributed by atoms with van der Waals surface area (Å²) in [6, 6.07) is 13.1. The second-order valence-corrected chi connectivity index (χ2v) is 7.45. The highest BCUT2D eigenvalue weighted by Gasteiger charge is 2.40. The van der Waals surface area contributed by atoms with Crippen molar-refractivity contribution in [1.82, 2.24) is 19.8 Å². The number of aromatic nitrogens is 2. The van der Waals surface area contributed by atoms with Crippen molar-refractivity contribution >= 4 is 0 Å². The van der Waals surface area contributed by atoms with Gasteiger partial charge in [-0.05, 0) is 51.6 Å². The predicted octanol–water partition coefficient (Wildman–Crippen LogP) is 3.70. The van der Waals surface area contributed by atoms with Gasteiger partial charge in [-0.15, -0.1) is 0 Å². The van der Waals surface area contributed by atoms with Gasteiger partial charge in [0.05, 0.1) is 23.5 Å². The average Bonchev–Trinajstić information content (AvgIpc) is 2.61. The van der Waals surface area contributed by atoms with E-state index in [1.54, 1.807) is 0 Å². The summed E-state index contributed by atoms with van der Waals surface area (Å²) in [7, 11) is 0. The normalized spacial score (nSPS) is 23.3. The molecule has 3 heterocycles. The van der Waals surface area contributed by atoms with Crippen LogP contribution in [0.15, 0.2) is 48.8 Å². The van der Waals surface area contributed by atoms with Crippen LogP contribution in [-0.4, -0.2) is 44.9 Å². The van der Waals surface area contributed by atoms with Crippen LogP contribution >= 0.6 is 0 Å². The average molecular weight is 324 g/mol. The molecule has 0 amide bonds. The molecule has 1 fully saturated rings. The monoisotopic (exact) mass is 324 g/mol. The Kier molecular flexibility index (Phi) is 4.97. The maximum Gasteiger partial charge on any atom is 0.0654 e. The van der Waals surface area contributed by atoms with Crippen LogP contribution in [0.5, 0.6) is 0 Å². The first-order chi connectivity index (χ1) is 11.5. The van der Waals surface area contributed by atoms with E-state index in [2.05, 4.69) is 71.7 Å². The molecular weight excluding hydrogens is 296 g/mol. The molecule has 0 bridgehead atoms. The van der Waals surface area contributed by atoms with E-state index in [1.807, 2.05) is 24.5 Å². The zero-order chi connectivity index (χ0) is 17.2. The van der Waals surface area contributed by atoms with Gasteiger partial charge in [-0.3, -0.25) is 19.8 Å². The Morgan fingerprint density at radius 3 is 1.96 bits per heavy atom. The first kappa shape index (κ1) is 17.1. The lowest BCUT2D eigenvalue weighted by atomic mass is 9.94. The molecule has 4 heteroatoms. The number of rotatable bonds is 3. The fourth-order valence-corrected chi connectivity index (χ4v) is 3.65. The lowest BCUT2D eigenvalue weighted by Gasteiger charge is -2.51. The summed E-state index contributed by atoms with van der Waals surface area (Å²) >= 11 is 0. The topological polar surface area (TPSA) is 32.3 Å². The van der Waals surface area contributed by atoms with Crippen molar-refractivity contribution in [2.24, 2.45) is 0 Å². The first-order valence-electron chi connectivity index (χ1n) is 8.83. The van der Waals surface area contributed by atoms with Gasteiger partial charge in [0, 0.05) is 31.0 Å². The molecule has 0 saturated carbocycles. The van der Waals surface area contributed by atoms with Gasteiger partial charge in [0.2, 0.25) is 0 Å². The van der Waals surface area contributed by atoms with E-state index >= 15 is 0 Å². The molecule has 1 aliphatic heterocycles. The van der Waals surface area contributed by atoms with Gasteiger partial charge in [0.15, 0.2) is 0 Å². The Labute approximate surface area is 145 Å². The molecule has 24 heavy (non-hydrogen) atoms. The molecule has 0 aliphatic carbocycles. The molecule has 128 valence electrons. The number of pyridine rings is 2. The largest absolute Gasteiger partial charge is 0.292 e. The highest BCUT2D eigenvalue weighted by molar-refractivity contribution is 5.17. The highest BCUT2D eigenvalue weighted by atomic mass is 15.3. The van der Waals surface area contributed by atoms with E-state index in [1.165, 1.54) is 0 Å². The third-order valence-electron chi connectivity index (χ3n) is 4.92. The van der Waals surface area contributed by atoms with Crippen LogP contribution in [0, 0.1) is 0 Å². The zero-order valence-corrected chi connectivity index (χ0v) is 15.2. The molecule has 2 atom stereocenters. The third-order valence-corrected chi connectivity index (χ3v) is 4.92. The predicted molar refractivity (Wildman–Crippen MR) is 97.7 cm³/mol. The second kappa shape index (κ2) is 6.99. The first-order valence-corrected chi connectivity index (χ1v) is 8.83. The van der Waals surface area contributed by atoms with Crippen LogP contribution in [0.25, 0.3) is 0 Å². The molecule has 0 N–H and O–H groups in total. The van der Waals surface area contributed by atoms with Gasteiger partial charge in [-0.2, -0.15) is 0 Å². The molecule has 2 aromatic heterocycles. The van der Waals surface area contributed by atoms with Crippen molar-refractivity contribution in [3.63, 3.8) is 0 Å². The van der Waals surface area contributed by atoms with Gasteiger partial charge in [0.1, 0.15) is 0 Å². The van der Waals surface area contributed by atoms with E-state index in [9.17, 15) is 0 Å². The molecular formula is C20H28N4. The SMILES string of the molecule is CCN1CC(c2ccccn2)N(C(C)(C)C)CC1c1ccccn1. The van der Waals surface area contributed by atoms with Crippen molar-refractivity contribution in [2.75, 3.05) is 19.6 Å². The Balaban J connectivity index is 1.96. The zero-order valence-electron chi connectivity index (χ0n) is 15.2. The quantitative estimate of drug-likeness (QED) is 0.862. The van der Waals surface area contributed by atoms with Crippen LogP contribution in [0.3, 0.4) is 0 Å². The van der Waals surface area contributed by atoms with Crippen LogP contribution in [-0.2, 0) is 0 Å². The van der Waals surface area contributed by atoms with Crippen molar-refractivity contribution in [3.8, 4) is 0 Å². The summed E-state index contributed by atoms with van der Waals surface area (Å²) in [6.45, 7) is 12.1. The summed E-state index contributed by atoms with van der Waals surface area (Å²) in [6.07, 6.45) is 3.80. The fraction of sp³-hybridized carbons (Fsp3) is 0.500. The highest BCUT2D eigenvalue weighted by Crippen LogP contribution is 2.37. The van der Waals surface area contributed by atoms with Crippen molar-refractivity contribution in [1.29, 1.82) is 0 Å². The van der Waals surface area contributed by atoms with Gasteiger partial charge in [-0.25, -0.2) is 0 Å². The summed E-state index contributed by atoms with van der Waals surface area (Å²) in [5.74, 6) is 0. The number of hydrogen-bond donors (Lipinski definition) is 0. The Hall–Kier alpha value is -1.78. The van der Waals surface area contributed by atoms with Crippen LogP contribution in [0.2, 0.25) is 0 Å². The maximum absolute atomic E-state index is 4.65. The number of nitrogens with zero attached hydrogens (tertiary/aromatic N) is 4. The molecule has 4 nitrogen and oxygen atoms in total. The Bertz CT molecular complexity index is 636. The van der Waals surface area contributed by atoms with E-state index in [4.69, 9.17) is 0 Å². The van der Waals surface area contributed by atoms with Crippen LogP contribution in [0.4, 0.5) is 0 Å². The Morgan fingerprint density at radius 1 is 0.917 bits per heavy atom. The van der Waals surface area contributed by atoms with Crippen molar-refractivity contribution in [3.05, 3.63) is 60.2 Å². The van der Waals surface area contributed by atoms with Gasteiger partial charge in [0.25, 0.3) is 0 Å². The van der Waals surface area contributed by atoms with Crippen molar-refractivity contribution in [2.45, 2.75) is 45.3 Å². The number of hydrogen-bond acceptors (Lipinski definition) is 4. The molecule has 1 saturated heterocycles. The second-order valence-electron chi connectivity index (χ2n) is 7.45. The minimum Gasteiger partial charge on any atom is -0.292 e. The number of piperazine rings is 1. The fourth-order valence-electron chi connectivity index (χ4n) is 3.65. The minimum atomic E-state index is 0.0784. The lowest BCUT2D eigenvalue weighted by molar-refractivity contribution is -0.0265. The standard InChI is InChI=1S/C20H28N4/c1-5-23-14-19(17-11-7-9-13-22-17)24(20(2,3)4)15-18(23)16-10-6-8-12-21-16/h6-13,18-19H,5,14-15H2,1-4H3. The van der Waals surface area contributed by atoms with E-state index in [0.717, 1.165) is 31.0 Å².